The van der Waals surface area contributed by atoms with E-state index >= 15 is 0 Å². The van der Waals surface area contributed by atoms with Gasteiger partial charge in [0.05, 0.1) is 13.1 Å². The number of amides is 1. The number of carbonyl (C=O) groups excluding carboxylic acids is 1. The van der Waals surface area contributed by atoms with Crippen molar-refractivity contribution in [2.45, 2.75) is 20.4 Å². The first kappa shape index (κ1) is 14.9. The van der Waals surface area contributed by atoms with Crippen molar-refractivity contribution in [1.29, 1.82) is 0 Å². The Morgan fingerprint density at radius 2 is 2.06 bits per heavy atom. The molecule has 0 fully saturated rings. The molecule has 5 nitrogen and oxygen atoms in total. The number of aromatic nitrogens is 2. The highest BCUT2D eigenvalue weighted by Crippen LogP contribution is 2.08. The summed E-state index contributed by atoms with van der Waals surface area (Å²) < 4.78 is 0. The molecule has 0 aliphatic rings. The molecule has 0 N–H and O–H groups in total. The van der Waals surface area contributed by atoms with Crippen molar-refractivity contribution >= 4 is 17.5 Å². The molecule has 0 saturated carbocycles. The number of carbonyl (C=O) groups is 1. The second-order valence-electron chi connectivity index (χ2n) is 4.34. The third-order valence-corrected chi connectivity index (χ3v) is 2.73. The SMILES string of the molecule is CCN(CC(=O)N(C)C)Cc1nc(C)cc(Cl)n1. The summed E-state index contributed by atoms with van der Waals surface area (Å²) in [5.74, 6) is 0.712. The van der Waals surface area contributed by atoms with E-state index in [4.69, 9.17) is 11.6 Å². The van der Waals surface area contributed by atoms with Crippen molar-refractivity contribution in [2.24, 2.45) is 0 Å². The van der Waals surface area contributed by atoms with E-state index in [9.17, 15) is 4.79 Å². The molecule has 0 radical (unpaired) electrons. The summed E-state index contributed by atoms with van der Waals surface area (Å²) in [7, 11) is 3.49. The molecule has 0 bridgehead atoms. The molecular formula is C12H19ClN4O. The predicted octanol–water partition coefficient (Wildman–Crippen LogP) is 1.35. The van der Waals surface area contributed by atoms with Gasteiger partial charge in [0.25, 0.3) is 0 Å². The molecule has 18 heavy (non-hydrogen) atoms. The molecule has 6 heteroatoms. The second kappa shape index (κ2) is 6.66. The Balaban J connectivity index is 2.70. The Kier molecular flexibility index (Phi) is 5.50. The van der Waals surface area contributed by atoms with Gasteiger partial charge in [0.2, 0.25) is 5.91 Å². The van der Waals surface area contributed by atoms with Gasteiger partial charge in [-0.3, -0.25) is 9.69 Å². The Hall–Kier alpha value is -1.20. The molecule has 1 amide bonds. The van der Waals surface area contributed by atoms with Crippen molar-refractivity contribution < 1.29 is 4.79 Å². The topological polar surface area (TPSA) is 49.3 Å². The number of likely N-dealkylation sites (N-methyl/N-ethyl adjacent to an activating group) is 2. The number of nitrogens with zero attached hydrogens (tertiary/aromatic N) is 4. The molecule has 0 spiro atoms. The van der Waals surface area contributed by atoms with Crippen LogP contribution >= 0.6 is 11.6 Å². The van der Waals surface area contributed by atoms with Crippen LogP contribution in [0.1, 0.15) is 18.4 Å². The van der Waals surface area contributed by atoms with Crippen molar-refractivity contribution in [1.82, 2.24) is 19.8 Å². The summed E-state index contributed by atoms with van der Waals surface area (Å²) in [6.07, 6.45) is 0. The maximum absolute atomic E-state index is 11.7. The van der Waals surface area contributed by atoms with E-state index < -0.39 is 0 Å². The Morgan fingerprint density at radius 3 is 2.56 bits per heavy atom. The summed E-state index contributed by atoms with van der Waals surface area (Å²) in [6, 6.07) is 1.71. The average Bonchev–Trinajstić information content (AvgIpc) is 2.26. The van der Waals surface area contributed by atoms with Gasteiger partial charge in [0.1, 0.15) is 11.0 Å². The number of halogens is 1. The van der Waals surface area contributed by atoms with Crippen LogP contribution in [0.3, 0.4) is 0 Å². The van der Waals surface area contributed by atoms with Crippen LogP contribution in [-0.2, 0) is 11.3 Å². The smallest absolute Gasteiger partial charge is 0.236 e. The fourth-order valence-electron chi connectivity index (χ4n) is 1.47. The maximum atomic E-state index is 11.7. The standard InChI is InChI=1S/C12H19ClN4O/c1-5-17(8-12(18)16(3)4)7-11-14-9(2)6-10(13)15-11/h6H,5,7-8H2,1-4H3. The van der Waals surface area contributed by atoms with Crippen LogP contribution in [0.4, 0.5) is 0 Å². The minimum atomic E-state index is 0.0654. The van der Waals surface area contributed by atoms with Crippen LogP contribution < -0.4 is 0 Å². The summed E-state index contributed by atoms with van der Waals surface area (Å²) >= 11 is 5.89. The third kappa shape index (κ3) is 4.58. The highest BCUT2D eigenvalue weighted by Gasteiger charge is 2.13. The molecule has 0 aromatic carbocycles. The number of rotatable bonds is 5. The van der Waals surface area contributed by atoms with Crippen LogP contribution in [0.2, 0.25) is 5.15 Å². The van der Waals surface area contributed by atoms with E-state index in [-0.39, 0.29) is 5.91 Å². The number of aryl methyl sites for hydroxylation is 1. The fourth-order valence-corrected chi connectivity index (χ4v) is 1.73. The van der Waals surface area contributed by atoms with Gasteiger partial charge in [-0.1, -0.05) is 18.5 Å². The van der Waals surface area contributed by atoms with Gasteiger partial charge in [-0.25, -0.2) is 9.97 Å². The van der Waals surface area contributed by atoms with Crippen molar-refractivity contribution in [3.63, 3.8) is 0 Å². The molecule has 100 valence electrons. The van der Waals surface area contributed by atoms with Crippen LogP contribution in [0.25, 0.3) is 0 Å². The van der Waals surface area contributed by atoms with Crippen LogP contribution in [0.5, 0.6) is 0 Å². The molecule has 1 rings (SSSR count). The van der Waals surface area contributed by atoms with Crippen LogP contribution in [-0.4, -0.2) is 52.9 Å². The zero-order valence-corrected chi connectivity index (χ0v) is 12.0. The molecular weight excluding hydrogens is 252 g/mol. The van der Waals surface area contributed by atoms with E-state index in [2.05, 4.69) is 9.97 Å². The lowest BCUT2D eigenvalue weighted by molar-refractivity contribution is -0.130. The van der Waals surface area contributed by atoms with Gasteiger partial charge >= 0.3 is 0 Å². The van der Waals surface area contributed by atoms with Crippen molar-refractivity contribution in [2.75, 3.05) is 27.2 Å². The number of hydrogen-bond donors (Lipinski definition) is 0. The highest BCUT2D eigenvalue weighted by molar-refractivity contribution is 6.29. The van der Waals surface area contributed by atoms with Gasteiger partial charge in [-0.2, -0.15) is 0 Å². The third-order valence-electron chi connectivity index (χ3n) is 2.54. The van der Waals surface area contributed by atoms with Crippen molar-refractivity contribution in [3.8, 4) is 0 Å². The van der Waals surface area contributed by atoms with E-state index in [0.29, 0.717) is 24.1 Å². The van der Waals surface area contributed by atoms with E-state index in [1.807, 2.05) is 18.7 Å². The predicted molar refractivity (Wildman–Crippen MR) is 71.4 cm³/mol. The zero-order chi connectivity index (χ0) is 13.7. The van der Waals surface area contributed by atoms with Gasteiger partial charge in [0.15, 0.2) is 0 Å². The summed E-state index contributed by atoms with van der Waals surface area (Å²) in [5, 5.41) is 0.437. The zero-order valence-electron chi connectivity index (χ0n) is 11.3. The Bertz CT molecular complexity index is 402. The molecule has 0 aliphatic heterocycles. The lowest BCUT2D eigenvalue weighted by Gasteiger charge is -2.21. The molecule has 0 unspecified atom stereocenters. The van der Waals surface area contributed by atoms with Gasteiger partial charge in [-0.15, -0.1) is 0 Å². The molecule has 1 aromatic rings. The normalized spacial score (nSPS) is 10.8. The minimum absolute atomic E-state index is 0.0654. The fraction of sp³-hybridized carbons (Fsp3) is 0.583. The lowest BCUT2D eigenvalue weighted by atomic mass is 10.4. The number of hydrogen-bond acceptors (Lipinski definition) is 4. The summed E-state index contributed by atoms with van der Waals surface area (Å²) in [5.41, 5.74) is 0.833. The van der Waals surface area contributed by atoms with Crippen LogP contribution in [0, 0.1) is 6.92 Å². The molecule has 0 saturated heterocycles. The second-order valence-corrected chi connectivity index (χ2v) is 4.73. The Labute approximate surface area is 113 Å². The molecule has 1 aromatic heterocycles. The maximum Gasteiger partial charge on any atom is 0.236 e. The summed E-state index contributed by atoms with van der Waals surface area (Å²) in [4.78, 5) is 23.7. The quantitative estimate of drug-likeness (QED) is 0.758. The van der Waals surface area contributed by atoms with E-state index in [0.717, 1.165) is 12.2 Å². The van der Waals surface area contributed by atoms with Gasteiger partial charge in [-0.05, 0) is 19.5 Å². The highest BCUT2D eigenvalue weighted by atomic mass is 35.5. The Morgan fingerprint density at radius 1 is 1.39 bits per heavy atom. The lowest BCUT2D eigenvalue weighted by Crippen LogP contribution is -2.36. The minimum Gasteiger partial charge on any atom is -0.348 e. The van der Waals surface area contributed by atoms with Gasteiger partial charge in [0, 0.05) is 19.8 Å². The monoisotopic (exact) mass is 270 g/mol. The van der Waals surface area contributed by atoms with Crippen molar-refractivity contribution in [3.05, 3.63) is 22.7 Å². The van der Waals surface area contributed by atoms with Gasteiger partial charge < -0.3 is 4.90 Å². The van der Waals surface area contributed by atoms with E-state index in [1.54, 1.807) is 25.1 Å². The molecule has 0 atom stereocenters. The summed E-state index contributed by atoms with van der Waals surface area (Å²) in [6.45, 7) is 5.52. The van der Waals surface area contributed by atoms with E-state index in [1.165, 1.54) is 0 Å². The first-order valence-electron chi connectivity index (χ1n) is 5.85. The molecule has 0 aliphatic carbocycles. The van der Waals surface area contributed by atoms with Crippen LogP contribution in [0.15, 0.2) is 6.07 Å². The largest absolute Gasteiger partial charge is 0.348 e. The average molecular weight is 271 g/mol. The first-order valence-corrected chi connectivity index (χ1v) is 6.22. The molecule has 1 heterocycles. The first-order chi connectivity index (χ1) is 8.42.